The van der Waals surface area contributed by atoms with Gasteiger partial charge in [0.15, 0.2) is 0 Å². The first-order valence-electron chi connectivity index (χ1n) is 4.61. The summed E-state index contributed by atoms with van der Waals surface area (Å²) in [4.78, 5) is 13.3. The third kappa shape index (κ3) is 2.04. The largest absolute Gasteiger partial charge is 0.367 e. The average Bonchev–Trinajstić information content (AvgIpc) is 2.71. The van der Waals surface area contributed by atoms with Crippen LogP contribution in [0.2, 0.25) is 0 Å². The average molecular weight is 202 g/mol. The lowest BCUT2D eigenvalue weighted by Gasteiger charge is -2.00. The minimum absolute atomic E-state index is 0.179. The van der Waals surface area contributed by atoms with Crippen molar-refractivity contribution in [2.45, 2.75) is 6.42 Å². The number of rotatable bonds is 3. The molecule has 1 aromatic carbocycles. The van der Waals surface area contributed by atoms with E-state index in [2.05, 4.69) is 4.98 Å². The molecule has 4 nitrogen and oxygen atoms in total. The lowest BCUT2D eigenvalue weighted by Crippen LogP contribution is -1.95. The number of nitrogens with one attached hydrogen (secondary N) is 1. The number of nitro benzene ring substituents is 1. The fourth-order valence-electron chi connectivity index (χ4n) is 1.53. The lowest BCUT2D eigenvalue weighted by atomic mass is 10.1. The highest BCUT2D eigenvalue weighted by atomic mass is 16.6. The van der Waals surface area contributed by atoms with Gasteiger partial charge in [0.05, 0.1) is 4.92 Å². The fraction of sp³-hybridized carbons (Fsp3) is 0.0909. The van der Waals surface area contributed by atoms with Crippen LogP contribution in [0.3, 0.4) is 0 Å². The first-order valence-corrected chi connectivity index (χ1v) is 4.61. The molecule has 76 valence electrons. The van der Waals surface area contributed by atoms with Gasteiger partial charge in [-0.15, -0.1) is 0 Å². The van der Waals surface area contributed by atoms with Gasteiger partial charge in [-0.25, -0.2) is 0 Å². The maximum atomic E-state index is 10.7. The second-order valence-electron chi connectivity index (χ2n) is 3.28. The van der Waals surface area contributed by atoms with Crippen molar-refractivity contribution < 1.29 is 4.92 Å². The van der Waals surface area contributed by atoms with Crippen molar-refractivity contribution >= 4 is 5.69 Å². The van der Waals surface area contributed by atoms with Crippen molar-refractivity contribution in [1.82, 2.24) is 4.98 Å². The number of aromatic amines is 1. The van der Waals surface area contributed by atoms with E-state index in [1.165, 1.54) is 6.07 Å². The van der Waals surface area contributed by atoms with Gasteiger partial charge in [0.25, 0.3) is 5.69 Å². The third-order valence-electron chi connectivity index (χ3n) is 2.25. The summed E-state index contributed by atoms with van der Waals surface area (Å²) >= 11 is 0. The fourth-order valence-corrected chi connectivity index (χ4v) is 1.53. The second kappa shape index (κ2) is 3.96. The van der Waals surface area contributed by atoms with E-state index in [1.807, 2.05) is 24.5 Å². The Morgan fingerprint density at radius 3 is 2.73 bits per heavy atom. The van der Waals surface area contributed by atoms with Gasteiger partial charge < -0.3 is 4.98 Å². The maximum Gasteiger partial charge on any atom is 0.272 e. The number of aromatic nitrogens is 1. The zero-order valence-electron chi connectivity index (χ0n) is 8.01. The van der Waals surface area contributed by atoms with E-state index in [0.717, 1.165) is 11.1 Å². The van der Waals surface area contributed by atoms with Crippen molar-refractivity contribution in [1.29, 1.82) is 0 Å². The van der Waals surface area contributed by atoms with Crippen LogP contribution >= 0.6 is 0 Å². The minimum atomic E-state index is -0.345. The van der Waals surface area contributed by atoms with E-state index >= 15 is 0 Å². The highest BCUT2D eigenvalue weighted by Crippen LogP contribution is 2.20. The van der Waals surface area contributed by atoms with Crippen LogP contribution in [0.4, 0.5) is 5.69 Å². The Morgan fingerprint density at radius 1 is 1.27 bits per heavy atom. The molecule has 0 radical (unpaired) electrons. The SMILES string of the molecule is O=[N+]([O-])c1ccccc1Cc1cc[nH]c1. The smallest absolute Gasteiger partial charge is 0.272 e. The molecule has 0 aliphatic heterocycles. The molecule has 0 spiro atoms. The zero-order valence-corrected chi connectivity index (χ0v) is 8.01. The van der Waals surface area contributed by atoms with Crippen LogP contribution in [0, 0.1) is 10.1 Å². The molecule has 1 N–H and O–H groups in total. The molecule has 4 heteroatoms. The molecule has 0 saturated carbocycles. The summed E-state index contributed by atoms with van der Waals surface area (Å²) in [6, 6.07) is 8.72. The molecule has 0 amide bonds. The summed E-state index contributed by atoms with van der Waals surface area (Å²) in [5, 5.41) is 10.7. The molecule has 0 aliphatic carbocycles. The Kier molecular flexibility index (Phi) is 2.49. The highest BCUT2D eigenvalue weighted by molar-refractivity contribution is 5.42. The minimum Gasteiger partial charge on any atom is -0.367 e. The van der Waals surface area contributed by atoms with Gasteiger partial charge in [0, 0.05) is 30.4 Å². The van der Waals surface area contributed by atoms with Gasteiger partial charge in [-0.3, -0.25) is 10.1 Å². The normalized spacial score (nSPS) is 10.1. The van der Waals surface area contributed by atoms with Crippen LogP contribution < -0.4 is 0 Å². The number of hydrogen-bond donors (Lipinski definition) is 1. The number of para-hydroxylation sites is 1. The van der Waals surface area contributed by atoms with Gasteiger partial charge >= 0.3 is 0 Å². The van der Waals surface area contributed by atoms with E-state index in [4.69, 9.17) is 0 Å². The number of nitro groups is 1. The highest BCUT2D eigenvalue weighted by Gasteiger charge is 2.12. The summed E-state index contributed by atoms with van der Waals surface area (Å²) in [7, 11) is 0. The number of benzene rings is 1. The molecular formula is C11H10N2O2. The maximum absolute atomic E-state index is 10.7. The van der Waals surface area contributed by atoms with E-state index in [9.17, 15) is 10.1 Å². The predicted molar refractivity (Wildman–Crippen MR) is 56.7 cm³/mol. The van der Waals surface area contributed by atoms with Gasteiger partial charge in [-0.05, 0) is 11.6 Å². The van der Waals surface area contributed by atoms with E-state index in [-0.39, 0.29) is 10.6 Å². The molecule has 0 saturated heterocycles. The van der Waals surface area contributed by atoms with Crippen LogP contribution in [0.15, 0.2) is 42.7 Å². The van der Waals surface area contributed by atoms with Crippen LogP contribution in [0.5, 0.6) is 0 Å². The van der Waals surface area contributed by atoms with Gasteiger partial charge in [0.1, 0.15) is 0 Å². The second-order valence-corrected chi connectivity index (χ2v) is 3.28. The van der Waals surface area contributed by atoms with Crippen LogP contribution in [-0.4, -0.2) is 9.91 Å². The number of nitrogens with zero attached hydrogens (tertiary/aromatic N) is 1. The standard InChI is InChI=1S/C11H10N2O2/c14-13(15)11-4-2-1-3-10(11)7-9-5-6-12-8-9/h1-6,8,12H,7H2. The third-order valence-corrected chi connectivity index (χ3v) is 2.25. The van der Waals surface area contributed by atoms with E-state index in [1.54, 1.807) is 12.1 Å². The molecule has 1 heterocycles. The summed E-state index contributed by atoms with van der Waals surface area (Å²) in [6.07, 6.45) is 4.24. The van der Waals surface area contributed by atoms with Crippen LogP contribution in [0.1, 0.15) is 11.1 Å². The molecule has 2 rings (SSSR count). The van der Waals surface area contributed by atoms with Crippen molar-refractivity contribution in [3.8, 4) is 0 Å². The molecule has 0 aliphatic rings. The Balaban J connectivity index is 2.32. The van der Waals surface area contributed by atoms with Gasteiger partial charge in [0.2, 0.25) is 0 Å². The van der Waals surface area contributed by atoms with Crippen LogP contribution in [0.25, 0.3) is 0 Å². The predicted octanol–water partition coefficient (Wildman–Crippen LogP) is 2.51. The van der Waals surface area contributed by atoms with Crippen molar-refractivity contribution in [2.75, 3.05) is 0 Å². The van der Waals surface area contributed by atoms with Gasteiger partial charge in [-0.2, -0.15) is 0 Å². The molecule has 0 atom stereocenters. The van der Waals surface area contributed by atoms with Crippen molar-refractivity contribution in [2.24, 2.45) is 0 Å². The molecule has 2 aromatic rings. The van der Waals surface area contributed by atoms with Gasteiger partial charge in [-0.1, -0.05) is 18.2 Å². The summed E-state index contributed by atoms with van der Waals surface area (Å²) in [5.41, 5.74) is 1.96. The first kappa shape index (κ1) is 9.45. The van der Waals surface area contributed by atoms with E-state index in [0.29, 0.717) is 6.42 Å². The number of hydrogen-bond acceptors (Lipinski definition) is 2. The Hall–Kier alpha value is -2.10. The van der Waals surface area contributed by atoms with Crippen molar-refractivity contribution in [3.05, 3.63) is 64.0 Å². The Labute approximate surface area is 86.7 Å². The topological polar surface area (TPSA) is 58.9 Å². The number of H-pyrrole nitrogens is 1. The molecule has 0 unspecified atom stereocenters. The lowest BCUT2D eigenvalue weighted by molar-refractivity contribution is -0.385. The molecule has 0 fully saturated rings. The van der Waals surface area contributed by atoms with Crippen LogP contribution in [-0.2, 0) is 6.42 Å². The van der Waals surface area contributed by atoms with E-state index < -0.39 is 0 Å². The zero-order chi connectivity index (χ0) is 10.7. The first-order chi connectivity index (χ1) is 7.27. The van der Waals surface area contributed by atoms with Crippen molar-refractivity contribution in [3.63, 3.8) is 0 Å². The molecular weight excluding hydrogens is 192 g/mol. The molecule has 0 bridgehead atoms. The molecule has 15 heavy (non-hydrogen) atoms. The Morgan fingerprint density at radius 2 is 2.07 bits per heavy atom. The monoisotopic (exact) mass is 202 g/mol. The Bertz CT molecular complexity index is 463. The summed E-state index contributed by atoms with van der Waals surface area (Å²) < 4.78 is 0. The summed E-state index contributed by atoms with van der Waals surface area (Å²) in [6.45, 7) is 0. The molecule has 1 aromatic heterocycles. The summed E-state index contributed by atoms with van der Waals surface area (Å²) in [5.74, 6) is 0. The quantitative estimate of drug-likeness (QED) is 0.614.